The summed E-state index contributed by atoms with van der Waals surface area (Å²) in [5, 5.41) is 28.8. The second-order valence-corrected chi connectivity index (χ2v) is 5.07. The molecule has 7 heteroatoms. The van der Waals surface area contributed by atoms with Crippen molar-refractivity contribution in [2.24, 2.45) is 4.99 Å². The topological polar surface area (TPSA) is 99.4 Å². The van der Waals surface area contributed by atoms with Crippen LogP contribution in [0, 0.1) is 0 Å². The number of rotatable bonds is 5. The molecular formula is C16H14ClNO5. The van der Waals surface area contributed by atoms with Gasteiger partial charge < -0.3 is 20.1 Å². The molecule has 0 saturated heterocycles. The summed E-state index contributed by atoms with van der Waals surface area (Å²) in [6, 6.07) is 6.86. The SMILES string of the molecule is COc1ccc(Cl)cc1C=NCC(=O)c1cc(O)c(O)cc1O. The van der Waals surface area contributed by atoms with E-state index in [1.54, 1.807) is 18.2 Å². The maximum absolute atomic E-state index is 12.0. The summed E-state index contributed by atoms with van der Waals surface area (Å²) in [5.74, 6) is -1.40. The van der Waals surface area contributed by atoms with Crippen LogP contribution >= 0.6 is 11.6 Å². The molecule has 23 heavy (non-hydrogen) atoms. The summed E-state index contributed by atoms with van der Waals surface area (Å²) in [6.07, 6.45) is 1.43. The molecule has 0 spiro atoms. The molecule has 2 aromatic rings. The Kier molecular flexibility index (Phi) is 5.08. The normalized spacial score (nSPS) is 10.9. The first kappa shape index (κ1) is 16.6. The van der Waals surface area contributed by atoms with E-state index in [1.165, 1.54) is 13.3 Å². The van der Waals surface area contributed by atoms with E-state index in [-0.39, 0.29) is 12.1 Å². The number of Topliss-reactive ketones (excluding diaryl/α,β-unsaturated/α-hetero) is 1. The molecule has 0 amide bonds. The number of phenolic OH excluding ortho intramolecular Hbond substituents is 3. The summed E-state index contributed by atoms with van der Waals surface area (Å²) in [6.45, 7) is -0.257. The van der Waals surface area contributed by atoms with Crippen molar-refractivity contribution in [3.05, 3.63) is 46.5 Å². The Morgan fingerprint density at radius 3 is 2.57 bits per heavy atom. The van der Waals surface area contributed by atoms with Crippen LogP contribution in [0.2, 0.25) is 5.02 Å². The van der Waals surface area contributed by atoms with Gasteiger partial charge in [0.1, 0.15) is 18.0 Å². The lowest BCUT2D eigenvalue weighted by Gasteiger charge is -2.05. The average molecular weight is 336 g/mol. The number of ketones is 1. The van der Waals surface area contributed by atoms with Crippen LogP contribution in [0.25, 0.3) is 0 Å². The van der Waals surface area contributed by atoms with Crippen LogP contribution in [-0.2, 0) is 0 Å². The molecule has 0 unspecified atom stereocenters. The highest BCUT2D eigenvalue weighted by atomic mass is 35.5. The van der Waals surface area contributed by atoms with E-state index in [9.17, 15) is 20.1 Å². The van der Waals surface area contributed by atoms with Crippen molar-refractivity contribution in [3.63, 3.8) is 0 Å². The van der Waals surface area contributed by atoms with Crippen LogP contribution in [0.3, 0.4) is 0 Å². The van der Waals surface area contributed by atoms with Crippen molar-refractivity contribution in [3.8, 4) is 23.0 Å². The first-order valence-corrected chi connectivity index (χ1v) is 6.91. The monoisotopic (exact) mass is 335 g/mol. The molecule has 3 N–H and O–H groups in total. The first-order chi connectivity index (χ1) is 10.9. The predicted molar refractivity (Wildman–Crippen MR) is 86.2 cm³/mol. The van der Waals surface area contributed by atoms with Crippen LogP contribution in [0.15, 0.2) is 35.3 Å². The van der Waals surface area contributed by atoms with Crippen LogP contribution in [0.4, 0.5) is 0 Å². The van der Waals surface area contributed by atoms with Gasteiger partial charge in [-0.3, -0.25) is 9.79 Å². The first-order valence-electron chi connectivity index (χ1n) is 6.54. The number of nitrogens with zero attached hydrogens (tertiary/aromatic N) is 1. The highest BCUT2D eigenvalue weighted by Gasteiger charge is 2.14. The van der Waals surface area contributed by atoms with E-state index >= 15 is 0 Å². The largest absolute Gasteiger partial charge is 0.507 e. The molecule has 0 fully saturated rings. The van der Waals surface area contributed by atoms with Gasteiger partial charge in [0.25, 0.3) is 0 Å². The zero-order valence-corrected chi connectivity index (χ0v) is 12.9. The molecule has 0 saturated carbocycles. The number of phenols is 3. The molecule has 0 heterocycles. The van der Waals surface area contributed by atoms with Crippen LogP contribution in [0.1, 0.15) is 15.9 Å². The van der Waals surface area contributed by atoms with Crippen molar-refractivity contribution in [2.45, 2.75) is 0 Å². The number of carbonyl (C=O) groups is 1. The highest BCUT2D eigenvalue weighted by Crippen LogP contribution is 2.32. The molecule has 120 valence electrons. The van der Waals surface area contributed by atoms with Gasteiger partial charge in [0, 0.05) is 22.9 Å². The molecule has 6 nitrogen and oxygen atoms in total. The minimum absolute atomic E-state index is 0.129. The number of ether oxygens (including phenoxy) is 1. The number of hydrogen-bond acceptors (Lipinski definition) is 6. The van der Waals surface area contributed by atoms with Crippen molar-refractivity contribution >= 4 is 23.6 Å². The van der Waals surface area contributed by atoms with Crippen LogP contribution < -0.4 is 4.74 Å². The lowest BCUT2D eigenvalue weighted by atomic mass is 10.1. The number of aromatic hydroxyl groups is 3. The Bertz CT molecular complexity index is 773. The summed E-state index contributed by atoms with van der Waals surface area (Å²) >= 11 is 5.90. The van der Waals surface area contributed by atoms with E-state index in [0.29, 0.717) is 16.3 Å². The van der Waals surface area contributed by atoms with Crippen LogP contribution in [0.5, 0.6) is 23.0 Å². The molecule has 2 aromatic carbocycles. The minimum Gasteiger partial charge on any atom is -0.507 e. The number of hydrogen-bond donors (Lipinski definition) is 3. The summed E-state index contributed by atoms with van der Waals surface area (Å²) in [7, 11) is 1.50. The Labute approximate surface area is 137 Å². The maximum atomic E-state index is 12.0. The van der Waals surface area contributed by atoms with E-state index in [2.05, 4.69) is 4.99 Å². The number of benzene rings is 2. The van der Waals surface area contributed by atoms with Gasteiger partial charge in [-0.25, -0.2) is 0 Å². The minimum atomic E-state index is -0.518. The Hall–Kier alpha value is -2.73. The third-order valence-electron chi connectivity index (χ3n) is 3.05. The fraction of sp³-hybridized carbons (Fsp3) is 0.125. The quantitative estimate of drug-likeness (QED) is 0.338. The van der Waals surface area contributed by atoms with Crippen molar-refractivity contribution in [2.75, 3.05) is 13.7 Å². The summed E-state index contributed by atoms with van der Waals surface area (Å²) in [5.41, 5.74) is 0.473. The second-order valence-electron chi connectivity index (χ2n) is 4.64. The number of aliphatic imine (C=N–C) groups is 1. The van der Waals surface area contributed by atoms with Gasteiger partial charge in [-0.1, -0.05) is 11.6 Å². The lowest BCUT2D eigenvalue weighted by Crippen LogP contribution is -2.04. The number of halogens is 1. The molecule has 0 radical (unpaired) electrons. The fourth-order valence-corrected chi connectivity index (χ4v) is 2.09. The van der Waals surface area contributed by atoms with Gasteiger partial charge in [0.05, 0.1) is 12.7 Å². The predicted octanol–water partition coefficient (Wildman–Crippen LogP) is 2.77. The number of carbonyl (C=O) groups excluding carboxylic acids is 1. The Morgan fingerprint density at radius 1 is 1.17 bits per heavy atom. The lowest BCUT2D eigenvalue weighted by molar-refractivity contribution is 0.0999. The van der Waals surface area contributed by atoms with Gasteiger partial charge in [-0.05, 0) is 24.3 Å². The maximum Gasteiger partial charge on any atom is 0.188 e. The third-order valence-corrected chi connectivity index (χ3v) is 3.29. The van der Waals surface area contributed by atoms with E-state index in [0.717, 1.165) is 12.1 Å². The Balaban J connectivity index is 2.16. The average Bonchev–Trinajstić information content (AvgIpc) is 2.51. The van der Waals surface area contributed by atoms with Gasteiger partial charge >= 0.3 is 0 Å². The van der Waals surface area contributed by atoms with Crippen molar-refractivity contribution < 1.29 is 24.9 Å². The van der Waals surface area contributed by atoms with E-state index in [1.807, 2.05) is 0 Å². The van der Waals surface area contributed by atoms with Gasteiger partial charge in [0.15, 0.2) is 17.3 Å². The third kappa shape index (κ3) is 3.92. The Morgan fingerprint density at radius 2 is 1.87 bits per heavy atom. The zero-order chi connectivity index (χ0) is 17.0. The molecule has 0 bridgehead atoms. The molecule has 0 atom stereocenters. The summed E-state index contributed by atoms with van der Waals surface area (Å²) < 4.78 is 5.15. The highest BCUT2D eigenvalue weighted by molar-refractivity contribution is 6.30. The van der Waals surface area contributed by atoms with Crippen LogP contribution in [-0.4, -0.2) is 41.0 Å². The van der Waals surface area contributed by atoms with Gasteiger partial charge in [-0.15, -0.1) is 0 Å². The van der Waals surface area contributed by atoms with E-state index < -0.39 is 23.0 Å². The molecule has 0 aliphatic carbocycles. The molecular weight excluding hydrogens is 322 g/mol. The zero-order valence-electron chi connectivity index (χ0n) is 12.2. The standard InChI is InChI=1S/C16H14ClNO5/c1-23-16-3-2-10(17)4-9(16)7-18-8-15(22)11-5-13(20)14(21)6-12(11)19/h2-7,19-21H,8H2,1H3. The number of methoxy groups -OCH3 is 1. The molecule has 0 aliphatic heterocycles. The van der Waals surface area contributed by atoms with Crippen molar-refractivity contribution in [1.29, 1.82) is 0 Å². The van der Waals surface area contributed by atoms with E-state index in [4.69, 9.17) is 16.3 Å². The van der Waals surface area contributed by atoms with Crippen molar-refractivity contribution in [1.82, 2.24) is 0 Å². The smallest absolute Gasteiger partial charge is 0.188 e. The second kappa shape index (κ2) is 7.02. The fourth-order valence-electron chi connectivity index (χ4n) is 1.91. The van der Waals surface area contributed by atoms with Gasteiger partial charge in [-0.2, -0.15) is 0 Å². The van der Waals surface area contributed by atoms with Gasteiger partial charge in [0.2, 0.25) is 0 Å². The summed E-state index contributed by atoms with van der Waals surface area (Å²) in [4.78, 5) is 16.0. The molecule has 0 aromatic heterocycles. The molecule has 0 aliphatic rings. The molecule has 2 rings (SSSR count).